The van der Waals surface area contributed by atoms with Crippen molar-refractivity contribution in [3.8, 4) is 17.5 Å². The van der Waals surface area contributed by atoms with Gasteiger partial charge in [0.1, 0.15) is 0 Å². The van der Waals surface area contributed by atoms with Gasteiger partial charge >= 0.3 is 5.97 Å². The fraction of sp³-hybridized carbons (Fsp3) is 0.273. The van der Waals surface area contributed by atoms with E-state index in [1.807, 2.05) is 26.0 Å². The number of aromatic nitrogens is 3. The number of aryl methyl sites for hydroxylation is 1. The quantitative estimate of drug-likeness (QED) is 0.523. The van der Waals surface area contributed by atoms with Crippen LogP contribution in [-0.2, 0) is 9.53 Å². The van der Waals surface area contributed by atoms with Gasteiger partial charge in [-0.3, -0.25) is 9.78 Å². The average molecular weight is 406 g/mol. The van der Waals surface area contributed by atoms with Gasteiger partial charge in [-0.05, 0) is 38.1 Å². The topological polar surface area (TPSA) is 97.6 Å². The first kappa shape index (κ1) is 21.0. The monoisotopic (exact) mass is 406 g/mol. The lowest BCUT2D eigenvalue weighted by atomic mass is 10.2. The van der Waals surface area contributed by atoms with Crippen molar-refractivity contribution in [2.75, 3.05) is 20.7 Å². The number of fused-ring (bicyclic) bond motifs is 1. The van der Waals surface area contributed by atoms with Gasteiger partial charge in [0.25, 0.3) is 5.91 Å². The van der Waals surface area contributed by atoms with Gasteiger partial charge in [-0.2, -0.15) is 5.10 Å². The number of likely N-dealkylation sites (N-methyl/N-ethyl adjacent to an activating group) is 1. The molecule has 0 fully saturated rings. The van der Waals surface area contributed by atoms with Crippen molar-refractivity contribution in [1.82, 2.24) is 19.7 Å². The molecule has 1 aromatic carbocycles. The summed E-state index contributed by atoms with van der Waals surface area (Å²) in [6.07, 6.45) is 0.194. The van der Waals surface area contributed by atoms with Crippen molar-refractivity contribution in [2.24, 2.45) is 0 Å². The molecule has 8 nitrogen and oxygen atoms in total. The molecule has 1 N–H and O–H groups in total. The number of pyridine rings is 1. The Bertz CT molecular complexity index is 1170. The molecule has 0 saturated heterocycles. The number of amides is 1. The summed E-state index contributed by atoms with van der Waals surface area (Å²) in [6, 6.07) is 8.95. The molecule has 1 unspecified atom stereocenters. The Balaban J connectivity index is 2.02. The summed E-state index contributed by atoms with van der Waals surface area (Å²) in [7, 11) is 2.90. The van der Waals surface area contributed by atoms with Gasteiger partial charge in [0.05, 0.1) is 23.7 Å². The lowest BCUT2D eigenvalue weighted by Crippen LogP contribution is -2.35. The summed E-state index contributed by atoms with van der Waals surface area (Å²) >= 11 is 0. The van der Waals surface area contributed by atoms with Crippen LogP contribution in [0.25, 0.3) is 16.6 Å². The highest BCUT2D eigenvalue weighted by molar-refractivity contribution is 6.02. The van der Waals surface area contributed by atoms with Crippen molar-refractivity contribution in [3.05, 3.63) is 53.5 Å². The maximum Gasteiger partial charge on any atom is 0.359 e. The Kier molecular flexibility index (Phi) is 6.14. The number of methoxy groups -OCH3 is 1. The minimum absolute atomic E-state index is 0.167. The Morgan fingerprint density at radius 3 is 2.80 bits per heavy atom. The van der Waals surface area contributed by atoms with Gasteiger partial charge in [0, 0.05) is 31.0 Å². The molecule has 1 amide bonds. The number of hydrogen-bond donors (Lipinski definition) is 1. The number of esters is 1. The number of aliphatic hydroxyl groups excluding tert-OH is 1. The molecule has 2 aromatic heterocycles. The molecule has 3 aromatic rings. The van der Waals surface area contributed by atoms with E-state index in [1.54, 1.807) is 36.1 Å². The van der Waals surface area contributed by atoms with E-state index in [4.69, 9.17) is 4.74 Å². The molecule has 0 bridgehead atoms. The molecular formula is C22H22N4O4. The summed E-state index contributed by atoms with van der Waals surface area (Å²) in [4.78, 5) is 29.7. The van der Waals surface area contributed by atoms with Crippen LogP contribution >= 0.6 is 0 Å². The minimum Gasteiger partial charge on any atom is -0.464 e. The van der Waals surface area contributed by atoms with E-state index in [9.17, 15) is 14.7 Å². The fourth-order valence-electron chi connectivity index (χ4n) is 2.85. The van der Waals surface area contributed by atoms with Gasteiger partial charge in [-0.25, -0.2) is 9.48 Å². The second kappa shape index (κ2) is 8.76. The average Bonchev–Trinajstić information content (AvgIpc) is 3.14. The third-order valence-corrected chi connectivity index (χ3v) is 4.61. The van der Waals surface area contributed by atoms with Gasteiger partial charge in [0.15, 0.2) is 11.8 Å². The molecule has 30 heavy (non-hydrogen) atoms. The third-order valence-electron chi connectivity index (χ3n) is 4.61. The molecule has 0 radical (unpaired) electrons. The molecule has 0 spiro atoms. The highest BCUT2D eigenvalue weighted by Crippen LogP contribution is 2.23. The SMILES string of the molecule is CCN(C)C(=O)C(O)C#Cc1cccc(-n2nc(C(=O)OC)c3cnc(C)cc32)c1. The number of carbonyl (C=O) groups is 2. The molecule has 0 aliphatic carbocycles. The van der Waals surface area contributed by atoms with Crippen LogP contribution in [0.3, 0.4) is 0 Å². The summed E-state index contributed by atoms with van der Waals surface area (Å²) in [6.45, 7) is 4.15. The van der Waals surface area contributed by atoms with E-state index in [0.29, 0.717) is 28.7 Å². The van der Waals surface area contributed by atoms with Crippen LogP contribution in [0.2, 0.25) is 0 Å². The van der Waals surface area contributed by atoms with Crippen LogP contribution in [0, 0.1) is 18.8 Å². The number of nitrogens with zero attached hydrogens (tertiary/aromatic N) is 4. The molecule has 1 atom stereocenters. The second-order valence-electron chi connectivity index (χ2n) is 6.67. The summed E-state index contributed by atoms with van der Waals surface area (Å²) in [5.74, 6) is 4.39. The van der Waals surface area contributed by atoms with Crippen molar-refractivity contribution in [2.45, 2.75) is 20.0 Å². The molecule has 0 aliphatic rings. The molecule has 2 heterocycles. The number of carbonyl (C=O) groups excluding carboxylic acids is 2. The second-order valence-corrected chi connectivity index (χ2v) is 6.67. The van der Waals surface area contributed by atoms with E-state index in [2.05, 4.69) is 21.9 Å². The van der Waals surface area contributed by atoms with E-state index < -0.39 is 18.0 Å². The highest BCUT2D eigenvalue weighted by atomic mass is 16.5. The Morgan fingerprint density at radius 2 is 2.10 bits per heavy atom. The maximum absolute atomic E-state index is 12.1. The van der Waals surface area contributed by atoms with Crippen LogP contribution in [0.1, 0.15) is 28.7 Å². The van der Waals surface area contributed by atoms with Gasteiger partial charge in [0.2, 0.25) is 0 Å². The molecule has 0 aliphatic heterocycles. The van der Waals surface area contributed by atoms with Gasteiger partial charge < -0.3 is 14.7 Å². The Labute approximate surface area is 174 Å². The maximum atomic E-state index is 12.1. The van der Waals surface area contributed by atoms with Crippen LogP contribution in [-0.4, -0.2) is 63.5 Å². The van der Waals surface area contributed by atoms with Crippen molar-refractivity contribution < 1.29 is 19.4 Å². The van der Waals surface area contributed by atoms with E-state index >= 15 is 0 Å². The Hall–Kier alpha value is -3.70. The molecular weight excluding hydrogens is 384 g/mol. The van der Waals surface area contributed by atoms with Gasteiger partial charge in [-0.1, -0.05) is 17.9 Å². The van der Waals surface area contributed by atoms with Crippen molar-refractivity contribution >= 4 is 22.8 Å². The predicted octanol–water partition coefficient (Wildman–Crippen LogP) is 1.71. The predicted molar refractivity (Wildman–Crippen MR) is 111 cm³/mol. The smallest absolute Gasteiger partial charge is 0.359 e. The number of hydrogen-bond acceptors (Lipinski definition) is 6. The zero-order valence-electron chi connectivity index (χ0n) is 17.2. The lowest BCUT2D eigenvalue weighted by Gasteiger charge is -2.15. The third kappa shape index (κ3) is 4.16. The minimum atomic E-state index is -1.40. The van der Waals surface area contributed by atoms with Crippen LogP contribution in [0.15, 0.2) is 36.5 Å². The van der Waals surface area contributed by atoms with E-state index in [-0.39, 0.29) is 5.69 Å². The van der Waals surface area contributed by atoms with Crippen molar-refractivity contribution in [3.63, 3.8) is 0 Å². The van der Waals surface area contributed by atoms with E-state index in [1.165, 1.54) is 12.0 Å². The molecule has 8 heteroatoms. The summed E-state index contributed by atoms with van der Waals surface area (Å²) in [5.41, 5.74) is 2.90. The Morgan fingerprint density at radius 1 is 1.33 bits per heavy atom. The number of rotatable bonds is 4. The standard InChI is InChI=1S/C22H22N4O4/c1-5-25(3)21(28)19(27)10-9-15-7-6-8-16(12-15)26-18-11-14(2)23-13-17(18)20(24-26)22(29)30-4/h6-8,11-13,19,27H,5H2,1-4H3. The number of aliphatic hydroxyl groups is 1. The number of benzene rings is 1. The van der Waals surface area contributed by atoms with Gasteiger partial charge in [-0.15, -0.1) is 0 Å². The first-order valence-corrected chi connectivity index (χ1v) is 9.34. The summed E-state index contributed by atoms with van der Waals surface area (Å²) in [5, 5.41) is 15.0. The zero-order valence-corrected chi connectivity index (χ0v) is 17.2. The molecule has 3 rings (SSSR count). The number of ether oxygens (including phenoxy) is 1. The zero-order chi connectivity index (χ0) is 21.8. The first-order valence-electron chi connectivity index (χ1n) is 9.34. The van der Waals surface area contributed by atoms with Crippen LogP contribution < -0.4 is 0 Å². The largest absolute Gasteiger partial charge is 0.464 e. The normalized spacial score (nSPS) is 11.5. The molecule has 154 valence electrons. The van der Waals surface area contributed by atoms with Crippen LogP contribution in [0.5, 0.6) is 0 Å². The fourth-order valence-corrected chi connectivity index (χ4v) is 2.85. The molecule has 0 saturated carbocycles. The first-order chi connectivity index (χ1) is 14.3. The van der Waals surface area contributed by atoms with Crippen LogP contribution in [0.4, 0.5) is 0 Å². The summed E-state index contributed by atoms with van der Waals surface area (Å²) < 4.78 is 6.45. The van der Waals surface area contributed by atoms with E-state index in [0.717, 1.165) is 5.69 Å². The lowest BCUT2D eigenvalue weighted by molar-refractivity contribution is -0.135. The highest BCUT2D eigenvalue weighted by Gasteiger charge is 2.19. The van der Waals surface area contributed by atoms with Crippen molar-refractivity contribution in [1.29, 1.82) is 0 Å².